The van der Waals surface area contributed by atoms with Crippen LogP contribution in [0.15, 0.2) is 78.9 Å². The van der Waals surface area contributed by atoms with Crippen molar-refractivity contribution in [1.82, 2.24) is 4.90 Å². The highest BCUT2D eigenvalue weighted by molar-refractivity contribution is 6.36. The Morgan fingerprint density at radius 1 is 0.829 bits per heavy atom. The molecule has 35 heavy (non-hydrogen) atoms. The van der Waals surface area contributed by atoms with Gasteiger partial charge in [0.25, 0.3) is 0 Å². The maximum absolute atomic E-state index is 14.5. The number of hydrogen-bond acceptors (Lipinski definition) is 5. The van der Waals surface area contributed by atoms with Crippen molar-refractivity contribution in [3.05, 3.63) is 101 Å². The molecule has 2 fully saturated rings. The van der Waals surface area contributed by atoms with Gasteiger partial charge in [0.1, 0.15) is 5.41 Å². The number of fused-ring (bicyclic) bond motifs is 6. The first-order valence-electron chi connectivity index (χ1n) is 12.0. The zero-order valence-electron chi connectivity index (χ0n) is 18.9. The molecule has 7 rings (SSSR count). The van der Waals surface area contributed by atoms with Crippen LogP contribution in [0.1, 0.15) is 49.5 Å². The van der Waals surface area contributed by atoms with Crippen molar-refractivity contribution in [2.24, 2.45) is 5.92 Å². The SMILES string of the molecule is O=C(c1ccccc1)C1C2(C(=O)Nc3ccccc32)C2CCCN2C12C(=O)c1ccccc1C2=O. The first kappa shape index (κ1) is 20.5. The van der Waals surface area contributed by atoms with Crippen LogP contribution in [0.5, 0.6) is 0 Å². The number of nitrogens with zero attached hydrogens (tertiary/aromatic N) is 1. The summed E-state index contributed by atoms with van der Waals surface area (Å²) in [4.78, 5) is 59.1. The minimum Gasteiger partial charge on any atom is -0.325 e. The van der Waals surface area contributed by atoms with Crippen LogP contribution < -0.4 is 5.32 Å². The van der Waals surface area contributed by atoms with E-state index in [0.29, 0.717) is 40.9 Å². The lowest BCUT2D eigenvalue weighted by Gasteiger charge is -2.37. The molecule has 4 aliphatic rings. The van der Waals surface area contributed by atoms with Gasteiger partial charge >= 0.3 is 0 Å². The summed E-state index contributed by atoms with van der Waals surface area (Å²) in [6.07, 6.45) is 1.37. The van der Waals surface area contributed by atoms with Gasteiger partial charge in [0, 0.05) is 28.4 Å². The molecule has 172 valence electrons. The molecule has 1 N–H and O–H groups in total. The van der Waals surface area contributed by atoms with Crippen molar-refractivity contribution in [2.75, 3.05) is 11.9 Å². The second-order valence-corrected chi connectivity index (χ2v) is 9.85. The van der Waals surface area contributed by atoms with E-state index in [1.807, 2.05) is 35.2 Å². The Labute approximate surface area is 201 Å². The summed E-state index contributed by atoms with van der Waals surface area (Å²) in [5.41, 5.74) is -0.686. The monoisotopic (exact) mass is 462 g/mol. The van der Waals surface area contributed by atoms with Gasteiger partial charge in [-0.1, -0.05) is 72.8 Å². The van der Waals surface area contributed by atoms with E-state index in [-0.39, 0.29) is 23.3 Å². The number of carbonyl (C=O) groups excluding carboxylic acids is 4. The van der Waals surface area contributed by atoms with Crippen molar-refractivity contribution in [2.45, 2.75) is 29.8 Å². The van der Waals surface area contributed by atoms with Crippen LogP contribution >= 0.6 is 0 Å². The summed E-state index contributed by atoms with van der Waals surface area (Å²) >= 11 is 0. The summed E-state index contributed by atoms with van der Waals surface area (Å²) in [5.74, 6) is -2.57. The number of Topliss-reactive ketones (excluding diaryl/α,β-unsaturated/α-hetero) is 3. The third-order valence-electron chi connectivity index (χ3n) is 8.53. The van der Waals surface area contributed by atoms with Crippen LogP contribution in [0, 0.1) is 5.92 Å². The van der Waals surface area contributed by atoms with E-state index >= 15 is 0 Å². The van der Waals surface area contributed by atoms with Crippen LogP contribution in [0.4, 0.5) is 5.69 Å². The molecular weight excluding hydrogens is 440 g/mol. The lowest BCUT2D eigenvalue weighted by atomic mass is 9.60. The van der Waals surface area contributed by atoms with Crippen molar-refractivity contribution in [3.8, 4) is 0 Å². The number of hydrogen-bond donors (Lipinski definition) is 1. The predicted molar refractivity (Wildman–Crippen MR) is 129 cm³/mol. The number of ketones is 3. The minimum absolute atomic E-state index is 0.307. The molecule has 3 unspecified atom stereocenters. The van der Waals surface area contributed by atoms with Gasteiger partial charge < -0.3 is 5.32 Å². The smallest absolute Gasteiger partial charge is 0.237 e. The van der Waals surface area contributed by atoms with Gasteiger partial charge in [-0.15, -0.1) is 0 Å². The molecular formula is C29H22N2O4. The number of benzene rings is 3. The summed E-state index contributed by atoms with van der Waals surface area (Å²) in [7, 11) is 0. The largest absolute Gasteiger partial charge is 0.325 e. The Balaban J connectivity index is 1.58. The first-order chi connectivity index (χ1) is 17.0. The number of anilines is 1. The maximum Gasteiger partial charge on any atom is 0.237 e. The molecule has 3 aromatic rings. The topological polar surface area (TPSA) is 83.6 Å². The highest BCUT2D eigenvalue weighted by atomic mass is 16.2. The number of para-hydroxylation sites is 1. The molecule has 0 aromatic heterocycles. The normalized spacial score (nSPS) is 27.8. The fourth-order valence-corrected chi connectivity index (χ4v) is 7.35. The van der Waals surface area contributed by atoms with Gasteiger partial charge in [0.05, 0.1) is 5.92 Å². The molecule has 0 saturated carbocycles. The number of nitrogens with one attached hydrogen (secondary N) is 1. The molecule has 2 saturated heterocycles. The van der Waals surface area contributed by atoms with Gasteiger partial charge in [0.2, 0.25) is 5.91 Å². The van der Waals surface area contributed by atoms with Crippen molar-refractivity contribution < 1.29 is 19.2 Å². The third-order valence-corrected chi connectivity index (χ3v) is 8.53. The molecule has 0 bridgehead atoms. The lowest BCUT2D eigenvalue weighted by molar-refractivity contribution is -0.122. The molecule has 6 nitrogen and oxygen atoms in total. The first-order valence-corrected chi connectivity index (χ1v) is 12.0. The van der Waals surface area contributed by atoms with E-state index in [9.17, 15) is 19.2 Å². The van der Waals surface area contributed by atoms with Crippen LogP contribution in [0.3, 0.4) is 0 Å². The summed E-state index contributed by atoms with van der Waals surface area (Å²) in [5, 5.41) is 3.00. The number of carbonyl (C=O) groups is 4. The summed E-state index contributed by atoms with van der Waals surface area (Å²) in [6.45, 7) is 0.478. The fourth-order valence-electron chi connectivity index (χ4n) is 7.35. The molecule has 3 heterocycles. The van der Waals surface area contributed by atoms with Crippen LogP contribution in [-0.2, 0) is 10.2 Å². The van der Waals surface area contributed by atoms with Gasteiger partial charge in [-0.3, -0.25) is 24.1 Å². The Bertz CT molecular complexity index is 1430. The molecule has 1 aliphatic carbocycles. The summed E-state index contributed by atoms with van der Waals surface area (Å²) in [6, 6.07) is 22.5. The van der Waals surface area contributed by atoms with E-state index in [1.54, 1.807) is 48.5 Å². The van der Waals surface area contributed by atoms with Crippen molar-refractivity contribution >= 4 is 28.9 Å². The molecule has 3 aromatic carbocycles. The van der Waals surface area contributed by atoms with E-state index in [1.165, 1.54) is 0 Å². The quantitative estimate of drug-likeness (QED) is 0.464. The minimum atomic E-state index is -1.74. The van der Waals surface area contributed by atoms with E-state index in [4.69, 9.17) is 0 Å². The Morgan fingerprint density at radius 2 is 1.46 bits per heavy atom. The number of rotatable bonds is 2. The van der Waals surface area contributed by atoms with Gasteiger partial charge in [-0.05, 0) is 31.0 Å². The van der Waals surface area contributed by atoms with Crippen LogP contribution in [-0.4, -0.2) is 46.3 Å². The zero-order chi connectivity index (χ0) is 23.9. The Morgan fingerprint density at radius 3 is 2.17 bits per heavy atom. The van der Waals surface area contributed by atoms with Gasteiger partial charge in [-0.25, -0.2) is 0 Å². The molecule has 3 atom stereocenters. The van der Waals surface area contributed by atoms with E-state index in [0.717, 1.165) is 6.42 Å². The second-order valence-electron chi connectivity index (χ2n) is 9.85. The summed E-state index contributed by atoms with van der Waals surface area (Å²) < 4.78 is 0. The standard InChI is InChI=1S/C29H22N2O4/c32-23(17-9-2-1-3-10-17)24-28(20-13-6-7-14-21(20)30-27(28)35)22-15-8-16-31(22)29(24)25(33)18-11-4-5-12-19(18)26(29)34/h1-7,9-14,22,24H,8,15-16H2,(H,30,35). The Hall–Kier alpha value is -3.90. The fraction of sp³-hybridized carbons (Fsp3) is 0.241. The van der Waals surface area contributed by atoms with Crippen molar-refractivity contribution in [1.29, 1.82) is 0 Å². The molecule has 0 radical (unpaired) electrons. The lowest BCUT2D eigenvalue weighted by Crippen LogP contribution is -2.60. The molecule has 2 spiro atoms. The molecule has 1 amide bonds. The van der Waals surface area contributed by atoms with Crippen LogP contribution in [0.25, 0.3) is 0 Å². The Kier molecular flexibility index (Phi) is 3.99. The van der Waals surface area contributed by atoms with E-state index < -0.39 is 22.9 Å². The average Bonchev–Trinajstić information content (AvgIpc) is 3.60. The van der Waals surface area contributed by atoms with Crippen molar-refractivity contribution in [3.63, 3.8) is 0 Å². The highest BCUT2D eigenvalue weighted by Crippen LogP contribution is 2.63. The zero-order valence-corrected chi connectivity index (χ0v) is 18.9. The van der Waals surface area contributed by atoms with Gasteiger partial charge in [0.15, 0.2) is 22.9 Å². The average molecular weight is 463 g/mol. The maximum atomic E-state index is 14.5. The number of amides is 1. The highest BCUT2D eigenvalue weighted by Gasteiger charge is 2.80. The predicted octanol–water partition coefficient (Wildman–Crippen LogP) is 3.67. The molecule has 6 heteroatoms. The van der Waals surface area contributed by atoms with Crippen LogP contribution in [0.2, 0.25) is 0 Å². The second kappa shape index (κ2) is 6.83. The molecule has 3 aliphatic heterocycles. The third kappa shape index (κ3) is 2.19. The van der Waals surface area contributed by atoms with E-state index in [2.05, 4.69) is 5.32 Å². The van der Waals surface area contributed by atoms with Gasteiger partial charge in [-0.2, -0.15) is 0 Å².